The van der Waals surface area contributed by atoms with Crippen molar-refractivity contribution in [3.63, 3.8) is 0 Å². The van der Waals surface area contributed by atoms with Crippen LogP contribution in [-0.4, -0.2) is 9.97 Å². The van der Waals surface area contributed by atoms with Gasteiger partial charge in [-0.05, 0) is 30.5 Å². The minimum absolute atomic E-state index is 0.623. The molecule has 3 nitrogen and oxygen atoms in total. The molecule has 3 aromatic rings. The Balaban J connectivity index is 1.70. The smallest absolute Gasteiger partial charge is 0.112 e. The van der Waals surface area contributed by atoms with Crippen LogP contribution in [0.2, 0.25) is 5.02 Å². The van der Waals surface area contributed by atoms with E-state index in [-0.39, 0.29) is 0 Å². The third-order valence-corrected chi connectivity index (χ3v) is 3.57. The van der Waals surface area contributed by atoms with Gasteiger partial charge in [0.15, 0.2) is 0 Å². The zero-order valence-electron chi connectivity index (χ0n) is 11.1. The van der Waals surface area contributed by atoms with Crippen molar-refractivity contribution in [2.75, 3.05) is 5.73 Å². The maximum absolute atomic E-state index is 5.99. The lowest BCUT2D eigenvalue weighted by molar-refractivity contribution is 0.786. The fourth-order valence-electron chi connectivity index (χ4n) is 2.38. The summed E-state index contributed by atoms with van der Waals surface area (Å²) in [4.78, 5) is 7.83. The number of nitrogens with one attached hydrogen (secondary N) is 1. The lowest BCUT2D eigenvalue weighted by atomic mass is 10.1. The number of imidazole rings is 1. The number of nitrogen functional groups attached to an aromatic ring is 1. The molecule has 0 spiro atoms. The molecular formula is C16H16ClN3. The van der Waals surface area contributed by atoms with Gasteiger partial charge in [-0.15, -0.1) is 0 Å². The van der Waals surface area contributed by atoms with E-state index in [1.54, 1.807) is 6.07 Å². The number of H-pyrrole nitrogens is 1. The Bertz CT molecular complexity index is 719. The van der Waals surface area contributed by atoms with Gasteiger partial charge in [-0.3, -0.25) is 0 Å². The first-order chi connectivity index (χ1) is 9.72. The zero-order chi connectivity index (χ0) is 13.9. The zero-order valence-corrected chi connectivity index (χ0v) is 11.8. The fourth-order valence-corrected chi connectivity index (χ4v) is 2.61. The monoisotopic (exact) mass is 285 g/mol. The molecular weight excluding hydrogens is 270 g/mol. The number of fused-ring (bicyclic) bond motifs is 1. The average molecular weight is 286 g/mol. The molecule has 0 unspecified atom stereocenters. The number of halogens is 1. The number of aromatic amines is 1. The van der Waals surface area contributed by atoms with Crippen LogP contribution in [0.25, 0.3) is 11.0 Å². The van der Waals surface area contributed by atoms with E-state index in [2.05, 4.69) is 34.2 Å². The van der Waals surface area contributed by atoms with Gasteiger partial charge in [0.2, 0.25) is 0 Å². The van der Waals surface area contributed by atoms with Crippen molar-refractivity contribution < 1.29 is 0 Å². The van der Waals surface area contributed by atoms with Crippen molar-refractivity contribution in [1.29, 1.82) is 0 Å². The van der Waals surface area contributed by atoms with Crippen molar-refractivity contribution in [2.45, 2.75) is 19.3 Å². The van der Waals surface area contributed by atoms with E-state index in [1.165, 1.54) is 5.56 Å². The highest BCUT2D eigenvalue weighted by Crippen LogP contribution is 2.24. The Morgan fingerprint density at radius 1 is 1.10 bits per heavy atom. The van der Waals surface area contributed by atoms with Gasteiger partial charge in [-0.25, -0.2) is 4.98 Å². The lowest BCUT2D eigenvalue weighted by Crippen LogP contribution is -1.92. The summed E-state index contributed by atoms with van der Waals surface area (Å²) < 4.78 is 0. The number of aryl methyl sites for hydroxylation is 2. The van der Waals surface area contributed by atoms with E-state index in [0.29, 0.717) is 10.7 Å². The molecule has 0 saturated heterocycles. The number of rotatable bonds is 4. The molecule has 0 aliphatic carbocycles. The van der Waals surface area contributed by atoms with Gasteiger partial charge in [0.05, 0.1) is 11.2 Å². The summed E-state index contributed by atoms with van der Waals surface area (Å²) in [6, 6.07) is 14.1. The van der Waals surface area contributed by atoms with Crippen LogP contribution in [-0.2, 0) is 12.8 Å². The number of hydrogen-bond donors (Lipinski definition) is 2. The van der Waals surface area contributed by atoms with Crippen molar-refractivity contribution in [1.82, 2.24) is 9.97 Å². The summed E-state index contributed by atoms with van der Waals surface area (Å²) >= 11 is 5.99. The number of nitrogens with zero attached hydrogens (tertiary/aromatic N) is 1. The van der Waals surface area contributed by atoms with Crippen LogP contribution in [0.1, 0.15) is 17.8 Å². The van der Waals surface area contributed by atoms with Crippen LogP contribution in [0, 0.1) is 0 Å². The largest absolute Gasteiger partial charge is 0.397 e. The van der Waals surface area contributed by atoms with Crippen LogP contribution in [0.3, 0.4) is 0 Å². The van der Waals surface area contributed by atoms with Crippen LogP contribution in [0.4, 0.5) is 5.69 Å². The molecule has 3 rings (SSSR count). The molecule has 2 aromatic carbocycles. The quantitative estimate of drug-likeness (QED) is 0.713. The van der Waals surface area contributed by atoms with E-state index < -0.39 is 0 Å². The molecule has 0 bridgehead atoms. The number of hydrogen-bond acceptors (Lipinski definition) is 2. The first-order valence-electron chi connectivity index (χ1n) is 6.70. The minimum atomic E-state index is 0.623. The predicted molar refractivity (Wildman–Crippen MR) is 84.0 cm³/mol. The summed E-state index contributed by atoms with van der Waals surface area (Å²) in [5, 5.41) is 0.634. The van der Waals surface area contributed by atoms with Gasteiger partial charge in [-0.1, -0.05) is 41.9 Å². The molecule has 102 valence electrons. The summed E-state index contributed by atoms with van der Waals surface area (Å²) in [6.45, 7) is 0. The van der Waals surface area contributed by atoms with Crippen molar-refractivity contribution >= 4 is 28.3 Å². The second kappa shape index (κ2) is 5.55. The third kappa shape index (κ3) is 2.78. The normalized spacial score (nSPS) is 11.1. The standard InChI is InChI=1S/C16H16ClN3/c17-12-9-13(18)16-14(10-12)19-15(20-16)8-4-7-11-5-2-1-3-6-11/h1-3,5-6,9-10H,4,7-8,18H2,(H,19,20). The van der Waals surface area contributed by atoms with E-state index in [9.17, 15) is 0 Å². The molecule has 20 heavy (non-hydrogen) atoms. The first-order valence-corrected chi connectivity index (χ1v) is 7.08. The van der Waals surface area contributed by atoms with Gasteiger partial charge < -0.3 is 10.7 Å². The Hall–Kier alpha value is -2.00. The highest BCUT2D eigenvalue weighted by Gasteiger charge is 2.07. The SMILES string of the molecule is Nc1cc(Cl)cc2[nH]c(CCCc3ccccc3)nc12. The molecule has 0 amide bonds. The number of nitrogens with two attached hydrogens (primary N) is 1. The second-order valence-corrected chi connectivity index (χ2v) is 5.35. The maximum Gasteiger partial charge on any atom is 0.112 e. The Labute approximate surface area is 122 Å². The molecule has 0 radical (unpaired) electrons. The topological polar surface area (TPSA) is 54.7 Å². The van der Waals surface area contributed by atoms with E-state index in [1.807, 2.05) is 12.1 Å². The van der Waals surface area contributed by atoms with E-state index >= 15 is 0 Å². The molecule has 4 heteroatoms. The molecule has 3 N–H and O–H groups in total. The van der Waals surface area contributed by atoms with Gasteiger partial charge >= 0.3 is 0 Å². The molecule has 0 aliphatic heterocycles. The summed E-state index contributed by atoms with van der Waals surface area (Å²) in [7, 11) is 0. The van der Waals surface area contributed by atoms with Crippen molar-refractivity contribution in [3.8, 4) is 0 Å². The fraction of sp³-hybridized carbons (Fsp3) is 0.188. The summed E-state index contributed by atoms with van der Waals surface area (Å²) in [6.07, 6.45) is 3.01. The van der Waals surface area contributed by atoms with Gasteiger partial charge in [0.25, 0.3) is 0 Å². The second-order valence-electron chi connectivity index (χ2n) is 4.91. The predicted octanol–water partition coefficient (Wildman–Crippen LogP) is 3.97. The van der Waals surface area contributed by atoms with Crippen molar-refractivity contribution in [2.24, 2.45) is 0 Å². The van der Waals surface area contributed by atoms with E-state index in [0.717, 1.165) is 36.1 Å². The van der Waals surface area contributed by atoms with Gasteiger partial charge in [-0.2, -0.15) is 0 Å². The highest BCUT2D eigenvalue weighted by molar-refractivity contribution is 6.31. The van der Waals surface area contributed by atoms with Crippen LogP contribution in [0.15, 0.2) is 42.5 Å². The van der Waals surface area contributed by atoms with Gasteiger partial charge in [0.1, 0.15) is 11.3 Å². The Morgan fingerprint density at radius 2 is 1.90 bits per heavy atom. The molecule has 0 aliphatic rings. The van der Waals surface area contributed by atoms with Crippen molar-refractivity contribution in [3.05, 3.63) is 58.9 Å². The van der Waals surface area contributed by atoms with Crippen LogP contribution in [0.5, 0.6) is 0 Å². The number of benzene rings is 2. The first kappa shape index (κ1) is 13.0. The molecule has 1 aromatic heterocycles. The number of anilines is 1. The number of aromatic nitrogens is 2. The Morgan fingerprint density at radius 3 is 2.70 bits per heavy atom. The van der Waals surface area contributed by atoms with Crippen LogP contribution >= 0.6 is 11.6 Å². The third-order valence-electron chi connectivity index (χ3n) is 3.35. The summed E-state index contributed by atoms with van der Waals surface area (Å²) in [5.41, 5.74) is 9.62. The Kier molecular flexibility index (Phi) is 3.61. The average Bonchev–Trinajstić information content (AvgIpc) is 2.83. The molecule has 1 heterocycles. The molecule has 0 atom stereocenters. The highest BCUT2D eigenvalue weighted by atomic mass is 35.5. The molecule has 0 saturated carbocycles. The maximum atomic E-state index is 5.99. The molecule has 0 fully saturated rings. The van der Waals surface area contributed by atoms with E-state index in [4.69, 9.17) is 17.3 Å². The summed E-state index contributed by atoms with van der Waals surface area (Å²) in [5.74, 6) is 0.963. The minimum Gasteiger partial charge on any atom is -0.397 e. The van der Waals surface area contributed by atoms with Crippen LogP contribution < -0.4 is 5.73 Å². The lowest BCUT2D eigenvalue weighted by Gasteiger charge is -1.99. The van der Waals surface area contributed by atoms with Gasteiger partial charge in [0, 0.05) is 11.4 Å².